The van der Waals surface area contributed by atoms with E-state index in [1.807, 2.05) is 31.2 Å². The van der Waals surface area contributed by atoms with Gasteiger partial charge in [-0.05, 0) is 44.4 Å². The molecule has 0 spiro atoms. The van der Waals surface area contributed by atoms with E-state index in [4.69, 9.17) is 15.2 Å². The minimum atomic E-state index is -1.35. The van der Waals surface area contributed by atoms with Gasteiger partial charge in [-0.25, -0.2) is 0 Å². The summed E-state index contributed by atoms with van der Waals surface area (Å²) in [6.07, 6.45) is -1.59. The second-order valence-electron chi connectivity index (χ2n) is 4.95. The molecule has 22 heavy (non-hydrogen) atoms. The molecule has 0 heterocycles. The molecular formula is C16H25NO5. The van der Waals surface area contributed by atoms with Crippen LogP contribution in [0, 0.1) is 0 Å². The molecule has 0 aromatic heterocycles. The molecule has 1 aromatic carbocycles. The number of esters is 1. The highest BCUT2D eigenvalue weighted by atomic mass is 16.5. The molecule has 0 aliphatic rings. The van der Waals surface area contributed by atoms with Gasteiger partial charge in [0.15, 0.2) is 0 Å². The Bertz CT molecular complexity index is 448. The smallest absolute Gasteiger partial charge is 0.325 e. The van der Waals surface area contributed by atoms with Gasteiger partial charge in [-0.3, -0.25) is 4.79 Å². The molecule has 6 heteroatoms. The summed E-state index contributed by atoms with van der Waals surface area (Å²) in [5.74, 6) is 0.0753. The Balaban J connectivity index is 2.47. The molecule has 0 radical (unpaired) electrons. The molecule has 6 nitrogen and oxygen atoms in total. The number of nitrogens with two attached hydrogens (primary N) is 1. The summed E-state index contributed by atoms with van der Waals surface area (Å²) in [6.45, 7) is 4.36. The maximum atomic E-state index is 11.4. The van der Waals surface area contributed by atoms with E-state index in [9.17, 15) is 15.0 Å². The van der Waals surface area contributed by atoms with E-state index in [-0.39, 0.29) is 6.61 Å². The lowest BCUT2D eigenvalue weighted by molar-refractivity contribution is -0.149. The van der Waals surface area contributed by atoms with Crippen LogP contribution in [0.5, 0.6) is 5.75 Å². The van der Waals surface area contributed by atoms with E-state index in [2.05, 4.69) is 0 Å². The van der Waals surface area contributed by atoms with Gasteiger partial charge >= 0.3 is 5.97 Å². The number of aliphatic hydroxyl groups is 2. The van der Waals surface area contributed by atoms with Crippen molar-refractivity contribution in [2.24, 2.45) is 5.73 Å². The van der Waals surface area contributed by atoms with Crippen molar-refractivity contribution in [1.29, 1.82) is 0 Å². The number of hydrogen-bond acceptors (Lipinski definition) is 6. The van der Waals surface area contributed by atoms with Gasteiger partial charge < -0.3 is 25.4 Å². The predicted molar refractivity (Wildman–Crippen MR) is 82.6 cm³/mol. The molecule has 1 rings (SSSR count). The Morgan fingerprint density at radius 3 is 2.36 bits per heavy atom. The van der Waals surface area contributed by atoms with E-state index >= 15 is 0 Å². The molecule has 0 saturated heterocycles. The Morgan fingerprint density at radius 1 is 1.18 bits per heavy atom. The zero-order chi connectivity index (χ0) is 16.5. The van der Waals surface area contributed by atoms with Gasteiger partial charge in [0.1, 0.15) is 17.9 Å². The molecule has 0 bridgehead atoms. The average molecular weight is 311 g/mol. The number of benzene rings is 1. The SMILES string of the molecule is CCOC(=O)C(N)C(O)C(O)CCc1ccc(OCC)cc1. The normalized spacial score (nSPS) is 15.0. The zero-order valence-electron chi connectivity index (χ0n) is 13.1. The topological polar surface area (TPSA) is 102 Å². The third-order valence-electron chi connectivity index (χ3n) is 3.28. The number of aryl methyl sites for hydroxylation is 1. The number of carbonyl (C=O) groups excluding carboxylic acids is 1. The lowest BCUT2D eigenvalue weighted by atomic mass is 9.99. The summed E-state index contributed by atoms with van der Waals surface area (Å²) < 4.78 is 10.1. The minimum absolute atomic E-state index is 0.182. The number of hydrogen-bond donors (Lipinski definition) is 3. The van der Waals surface area contributed by atoms with Crippen molar-refractivity contribution in [2.45, 2.75) is 44.9 Å². The van der Waals surface area contributed by atoms with Crippen molar-refractivity contribution < 1.29 is 24.5 Å². The number of rotatable bonds is 9. The fourth-order valence-corrected chi connectivity index (χ4v) is 2.02. The maximum absolute atomic E-state index is 11.4. The lowest BCUT2D eigenvalue weighted by Gasteiger charge is -2.22. The lowest BCUT2D eigenvalue weighted by Crippen LogP contribution is -2.49. The van der Waals surface area contributed by atoms with Crippen LogP contribution < -0.4 is 10.5 Å². The fraction of sp³-hybridized carbons (Fsp3) is 0.562. The number of ether oxygens (including phenoxy) is 2. The highest BCUT2D eigenvalue weighted by Gasteiger charge is 2.29. The van der Waals surface area contributed by atoms with Gasteiger partial charge in [0.05, 0.1) is 19.3 Å². The number of carbonyl (C=O) groups is 1. The predicted octanol–water partition coefficient (Wildman–Crippen LogP) is 0.630. The summed E-state index contributed by atoms with van der Waals surface area (Å²) in [5, 5.41) is 19.8. The minimum Gasteiger partial charge on any atom is -0.494 e. The van der Waals surface area contributed by atoms with Crippen molar-refractivity contribution in [3.63, 3.8) is 0 Å². The van der Waals surface area contributed by atoms with Crippen molar-refractivity contribution in [3.05, 3.63) is 29.8 Å². The van der Waals surface area contributed by atoms with E-state index in [0.29, 0.717) is 19.4 Å². The Labute approximate surface area is 130 Å². The fourth-order valence-electron chi connectivity index (χ4n) is 2.02. The standard InChI is InChI=1S/C16H25NO5/c1-3-21-12-8-5-11(6-9-12)7-10-13(18)15(19)14(17)16(20)22-4-2/h5-6,8-9,13-15,18-19H,3-4,7,10,17H2,1-2H3. The van der Waals surface area contributed by atoms with Crippen LogP contribution in [-0.2, 0) is 16.0 Å². The van der Waals surface area contributed by atoms with Crippen LogP contribution in [0.1, 0.15) is 25.8 Å². The Kier molecular flexibility index (Phi) is 7.87. The summed E-state index contributed by atoms with van der Waals surface area (Å²) in [5.41, 5.74) is 6.57. The van der Waals surface area contributed by atoms with Crippen LogP contribution in [0.4, 0.5) is 0 Å². The van der Waals surface area contributed by atoms with Crippen molar-refractivity contribution in [1.82, 2.24) is 0 Å². The summed E-state index contributed by atoms with van der Waals surface area (Å²) >= 11 is 0. The van der Waals surface area contributed by atoms with Gasteiger partial charge in [-0.2, -0.15) is 0 Å². The third kappa shape index (κ3) is 5.63. The maximum Gasteiger partial charge on any atom is 0.325 e. The molecule has 0 aliphatic carbocycles. The second-order valence-corrected chi connectivity index (χ2v) is 4.95. The molecular weight excluding hydrogens is 286 g/mol. The second kappa shape index (κ2) is 9.40. The van der Waals surface area contributed by atoms with Gasteiger partial charge in [0.25, 0.3) is 0 Å². The van der Waals surface area contributed by atoms with Crippen LogP contribution >= 0.6 is 0 Å². The van der Waals surface area contributed by atoms with E-state index in [1.54, 1.807) is 6.92 Å². The van der Waals surface area contributed by atoms with Gasteiger partial charge in [0.2, 0.25) is 0 Å². The molecule has 0 aliphatic heterocycles. The highest BCUT2D eigenvalue weighted by molar-refractivity contribution is 5.76. The first-order chi connectivity index (χ1) is 10.5. The van der Waals surface area contributed by atoms with Crippen LogP contribution in [0.3, 0.4) is 0 Å². The summed E-state index contributed by atoms with van der Waals surface area (Å²) in [4.78, 5) is 11.4. The number of aliphatic hydroxyl groups excluding tert-OH is 2. The molecule has 3 atom stereocenters. The third-order valence-corrected chi connectivity index (χ3v) is 3.28. The largest absolute Gasteiger partial charge is 0.494 e. The van der Waals surface area contributed by atoms with E-state index in [0.717, 1.165) is 11.3 Å². The Morgan fingerprint density at radius 2 is 1.82 bits per heavy atom. The van der Waals surface area contributed by atoms with Gasteiger partial charge in [-0.15, -0.1) is 0 Å². The van der Waals surface area contributed by atoms with Crippen LogP contribution in [0.2, 0.25) is 0 Å². The molecule has 0 amide bonds. The molecule has 4 N–H and O–H groups in total. The monoisotopic (exact) mass is 311 g/mol. The summed E-state index contributed by atoms with van der Waals surface area (Å²) in [7, 11) is 0. The molecule has 124 valence electrons. The molecule has 3 unspecified atom stereocenters. The molecule has 0 saturated carbocycles. The van der Waals surface area contributed by atoms with Crippen molar-refractivity contribution in [3.8, 4) is 5.75 Å². The zero-order valence-corrected chi connectivity index (χ0v) is 13.1. The summed E-state index contributed by atoms with van der Waals surface area (Å²) in [6, 6.07) is 6.26. The van der Waals surface area contributed by atoms with E-state index in [1.165, 1.54) is 0 Å². The van der Waals surface area contributed by atoms with E-state index < -0.39 is 24.2 Å². The van der Waals surface area contributed by atoms with Crippen molar-refractivity contribution in [2.75, 3.05) is 13.2 Å². The first-order valence-electron chi connectivity index (χ1n) is 7.49. The van der Waals surface area contributed by atoms with Crippen LogP contribution in [-0.4, -0.2) is 47.6 Å². The average Bonchev–Trinajstić information content (AvgIpc) is 2.53. The van der Waals surface area contributed by atoms with Crippen LogP contribution in [0.25, 0.3) is 0 Å². The molecule has 1 aromatic rings. The first kappa shape index (κ1) is 18.4. The molecule has 0 fully saturated rings. The van der Waals surface area contributed by atoms with Crippen LogP contribution in [0.15, 0.2) is 24.3 Å². The Hall–Kier alpha value is -1.63. The van der Waals surface area contributed by atoms with Gasteiger partial charge in [0, 0.05) is 0 Å². The highest BCUT2D eigenvalue weighted by Crippen LogP contribution is 2.15. The quantitative estimate of drug-likeness (QED) is 0.578. The first-order valence-corrected chi connectivity index (χ1v) is 7.49. The van der Waals surface area contributed by atoms with Gasteiger partial charge in [-0.1, -0.05) is 12.1 Å². The van der Waals surface area contributed by atoms with Crippen molar-refractivity contribution >= 4 is 5.97 Å².